The molecule has 0 aliphatic carbocycles. The standard InChI is InChI=1S/C48H91NO5/c1-3-5-7-9-11-13-15-17-18-22-26-30-34-38-42-48(53)54-43-39-35-31-27-23-19-21-25-29-33-37-41-47(52)49-45(44-50)46(51)40-36-32-28-24-20-16-14-12-10-8-6-4-2/h9,11,15,17,45-46,50-51H,3-8,10,12-14,16,18-44H2,1-2H3,(H,49,52)/b11-9-,17-15-. The minimum absolute atomic E-state index is 0.0288. The number of esters is 1. The van der Waals surface area contributed by atoms with E-state index in [2.05, 4.69) is 43.5 Å². The Kier molecular flexibility index (Phi) is 42.7. The average molecular weight is 762 g/mol. The molecular formula is C48H91NO5. The van der Waals surface area contributed by atoms with E-state index in [0.717, 1.165) is 70.6 Å². The Morgan fingerprint density at radius 3 is 1.46 bits per heavy atom. The zero-order chi connectivity index (χ0) is 39.4. The number of amides is 1. The van der Waals surface area contributed by atoms with Crippen molar-refractivity contribution in [2.45, 2.75) is 257 Å². The van der Waals surface area contributed by atoms with Crippen LogP contribution in [0.5, 0.6) is 0 Å². The Hall–Kier alpha value is -1.66. The summed E-state index contributed by atoms with van der Waals surface area (Å²) in [7, 11) is 0. The molecule has 2 unspecified atom stereocenters. The van der Waals surface area contributed by atoms with Crippen molar-refractivity contribution in [2.24, 2.45) is 0 Å². The van der Waals surface area contributed by atoms with Crippen molar-refractivity contribution in [3.05, 3.63) is 24.3 Å². The third kappa shape index (κ3) is 40.0. The second-order valence-corrected chi connectivity index (χ2v) is 16.1. The summed E-state index contributed by atoms with van der Waals surface area (Å²) in [4.78, 5) is 24.4. The summed E-state index contributed by atoms with van der Waals surface area (Å²) in [5, 5.41) is 23.1. The van der Waals surface area contributed by atoms with E-state index >= 15 is 0 Å². The highest BCUT2D eigenvalue weighted by atomic mass is 16.5. The molecule has 0 aromatic carbocycles. The van der Waals surface area contributed by atoms with Gasteiger partial charge in [-0.3, -0.25) is 9.59 Å². The normalized spacial score (nSPS) is 12.9. The van der Waals surface area contributed by atoms with Crippen LogP contribution in [0.4, 0.5) is 0 Å². The maximum atomic E-state index is 12.4. The minimum atomic E-state index is -0.675. The van der Waals surface area contributed by atoms with Crippen LogP contribution in [-0.2, 0) is 14.3 Å². The van der Waals surface area contributed by atoms with Crippen molar-refractivity contribution in [3.63, 3.8) is 0 Å². The van der Waals surface area contributed by atoms with Crippen molar-refractivity contribution < 1.29 is 24.5 Å². The van der Waals surface area contributed by atoms with Gasteiger partial charge in [0.2, 0.25) is 5.91 Å². The molecule has 0 saturated heterocycles. The first-order valence-electron chi connectivity index (χ1n) is 23.6. The van der Waals surface area contributed by atoms with E-state index in [1.165, 1.54) is 141 Å². The molecule has 6 heteroatoms. The summed E-state index contributed by atoms with van der Waals surface area (Å²) in [6.45, 7) is 4.85. The highest BCUT2D eigenvalue weighted by Gasteiger charge is 2.20. The lowest BCUT2D eigenvalue weighted by atomic mass is 10.0. The molecule has 2 atom stereocenters. The Labute approximate surface area is 335 Å². The van der Waals surface area contributed by atoms with Crippen LogP contribution in [0.1, 0.15) is 245 Å². The highest BCUT2D eigenvalue weighted by molar-refractivity contribution is 5.76. The van der Waals surface area contributed by atoms with Crippen molar-refractivity contribution >= 4 is 11.9 Å². The lowest BCUT2D eigenvalue weighted by Gasteiger charge is -2.22. The number of nitrogens with one attached hydrogen (secondary N) is 1. The number of hydrogen-bond donors (Lipinski definition) is 3. The lowest BCUT2D eigenvalue weighted by molar-refractivity contribution is -0.143. The number of aliphatic hydroxyl groups is 2. The zero-order valence-corrected chi connectivity index (χ0v) is 36.0. The van der Waals surface area contributed by atoms with Gasteiger partial charge in [0.05, 0.1) is 25.4 Å². The van der Waals surface area contributed by atoms with Crippen molar-refractivity contribution in [2.75, 3.05) is 13.2 Å². The van der Waals surface area contributed by atoms with E-state index in [-0.39, 0.29) is 18.5 Å². The molecule has 0 fully saturated rings. The van der Waals surface area contributed by atoms with Gasteiger partial charge in [0.15, 0.2) is 0 Å². The fourth-order valence-corrected chi connectivity index (χ4v) is 7.07. The third-order valence-electron chi connectivity index (χ3n) is 10.8. The SMILES string of the molecule is CCCC/C=C\C/C=C\CCCCCCCC(=O)OCCCCCCCCCCCCCC(=O)NC(CO)C(O)CCCCCCCCCCCCCC. The fraction of sp³-hybridized carbons (Fsp3) is 0.875. The first-order valence-corrected chi connectivity index (χ1v) is 23.6. The number of unbranched alkanes of at least 4 members (excludes halogenated alkanes) is 28. The first-order chi connectivity index (χ1) is 26.5. The Morgan fingerprint density at radius 1 is 0.519 bits per heavy atom. The van der Waals surface area contributed by atoms with E-state index in [0.29, 0.717) is 25.9 Å². The Balaban J connectivity index is 3.48. The van der Waals surface area contributed by atoms with Gasteiger partial charge in [-0.05, 0) is 51.4 Å². The Morgan fingerprint density at radius 2 is 0.944 bits per heavy atom. The lowest BCUT2D eigenvalue weighted by Crippen LogP contribution is -2.45. The molecule has 0 aromatic rings. The van der Waals surface area contributed by atoms with Crippen molar-refractivity contribution in [1.29, 1.82) is 0 Å². The van der Waals surface area contributed by atoms with Gasteiger partial charge in [-0.25, -0.2) is 0 Å². The quantitative estimate of drug-likeness (QED) is 0.0327. The summed E-state index contributed by atoms with van der Waals surface area (Å²) < 4.78 is 5.44. The molecular weight excluding hydrogens is 671 g/mol. The molecule has 0 saturated carbocycles. The van der Waals surface area contributed by atoms with Gasteiger partial charge >= 0.3 is 5.97 Å². The molecule has 0 spiro atoms. The topological polar surface area (TPSA) is 95.9 Å². The molecule has 0 aromatic heterocycles. The largest absolute Gasteiger partial charge is 0.466 e. The van der Waals surface area contributed by atoms with Crippen LogP contribution >= 0.6 is 0 Å². The maximum absolute atomic E-state index is 12.4. The zero-order valence-electron chi connectivity index (χ0n) is 36.0. The molecule has 0 aliphatic rings. The van der Waals surface area contributed by atoms with Gasteiger partial charge < -0.3 is 20.3 Å². The van der Waals surface area contributed by atoms with Gasteiger partial charge in [-0.2, -0.15) is 0 Å². The van der Waals surface area contributed by atoms with Gasteiger partial charge in [-0.15, -0.1) is 0 Å². The van der Waals surface area contributed by atoms with Crippen LogP contribution in [0.3, 0.4) is 0 Å². The monoisotopic (exact) mass is 762 g/mol. The number of hydrogen-bond acceptors (Lipinski definition) is 5. The maximum Gasteiger partial charge on any atom is 0.305 e. The number of rotatable bonds is 43. The summed E-state index contributed by atoms with van der Waals surface area (Å²) in [6, 6.07) is -0.555. The first kappa shape index (κ1) is 52.3. The summed E-state index contributed by atoms with van der Waals surface area (Å²) >= 11 is 0. The predicted molar refractivity (Wildman–Crippen MR) is 232 cm³/mol. The molecule has 0 heterocycles. The van der Waals surface area contributed by atoms with Crippen molar-refractivity contribution in [1.82, 2.24) is 5.32 Å². The molecule has 0 rings (SSSR count). The average Bonchev–Trinajstić information content (AvgIpc) is 3.17. The number of allylic oxidation sites excluding steroid dienone is 4. The second kappa shape index (κ2) is 44.1. The predicted octanol–water partition coefficient (Wildman–Crippen LogP) is 13.6. The number of aliphatic hydroxyl groups excluding tert-OH is 2. The summed E-state index contributed by atoms with van der Waals surface area (Å²) in [6.07, 6.45) is 49.8. The van der Waals surface area contributed by atoms with E-state index < -0.39 is 12.1 Å². The molecule has 318 valence electrons. The van der Waals surface area contributed by atoms with Crippen LogP contribution in [-0.4, -0.2) is 47.4 Å². The fourth-order valence-electron chi connectivity index (χ4n) is 7.07. The van der Waals surface area contributed by atoms with Gasteiger partial charge in [-0.1, -0.05) is 205 Å². The number of carbonyl (C=O) groups is 2. The molecule has 54 heavy (non-hydrogen) atoms. The van der Waals surface area contributed by atoms with Crippen molar-refractivity contribution in [3.8, 4) is 0 Å². The third-order valence-corrected chi connectivity index (χ3v) is 10.8. The van der Waals surface area contributed by atoms with E-state index in [9.17, 15) is 19.8 Å². The van der Waals surface area contributed by atoms with Crippen LogP contribution in [0.2, 0.25) is 0 Å². The minimum Gasteiger partial charge on any atom is -0.466 e. The van der Waals surface area contributed by atoms with E-state index in [1.807, 2.05) is 0 Å². The molecule has 0 aliphatic heterocycles. The smallest absolute Gasteiger partial charge is 0.305 e. The van der Waals surface area contributed by atoms with Crippen LogP contribution in [0, 0.1) is 0 Å². The molecule has 0 bridgehead atoms. The number of carbonyl (C=O) groups excluding carboxylic acids is 2. The van der Waals surface area contributed by atoms with Crippen LogP contribution < -0.4 is 5.32 Å². The van der Waals surface area contributed by atoms with E-state index in [1.54, 1.807) is 0 Å². The van der Waals surface area contributed by atoms with Crippen LogP contribution in [0.15, 0.2) is 24.3 Å². The Bertz CT molecular complexity index is 843. The van der Waals surface area contributed by atoms with Gasteiger partial charge in [0.1, 0.15) is 0 Å². The van der Waals surface area contributed by atoms with Gasteiger partial charge in [0.25, 0.3) is 0 Å². The highest BCUT2D eigenvalue weighted by Crippen LogP contribution is 2.15. The van der Waals surface area contributed by atoms with E-state index in [4.69, 9.17) is 4.74 Å². The molecule has 6 nitrogen and oxygen atoms in total. The van der Waals surface area contributed by atoms with Crippen LogP contribution in [0.25, 0.3) is 0 Å². The molecule has 3 N–H and O–H groups in total. The second-order valence-electron chi connectivity index (χ2n) is 16.1. The summed E-state index contributed by atoms with van der Waals surface area (Å²) in [5.74, 6) is -0.0849. The summed E-state index contributed by atoms with van der Waals surface area (Å²) in [5.41, 5.74) is 0. The number of ether oxygens (including phenoxy) is 1. The molecule has 1 amide bonds. The molecule has 0 radical (unpaired) electrons. The van der Waals surface area contributed by atoms with Gasteiger partial charge in [0, 0.05) is 12.8 Å².